The van der Waals surface area contributed by atoms with Gasteiger partial charge in [0.05, 0.1) is 0 Å². The predicted molar refractivity (Wildman–Crippen MR) is 26.1 cm³/mol. The zero-order valence-electron chi connectivity index (χ0n) is 3.34. The predicted octanol–water partition coefficient (Wildman–Crippen LogP) is 0.314. The second-order valence-electron chi connectivity index (χ2n) is 0.951. The fraction of sp³-hybridized carbons (Fsp3) is 0. The average molecular weight is 117 g/mol. The highest BCUT2D eigenvalue weighted by Gasteiger charge is 1.84. The first-order valence-electron chi connectivity index (χ1n) is 1.60. The van der Waals surface area contributed by atoms with Crippen LogP contribution in [-0.4, -0.2) is 10.2 Å². The third-order valence-corrected chi connectivity index (χ3v) is 0.629. The molecule has 0 unspecified atom stereocenters. The van der Waals surface area contributed by atoms with Gasteiger partial charge in [-0.2, -0.15) is 0 Å². The molecule has 0 aromatic carbocycles. The van der Waals surface area contributed by atoms with Crippen molar-refractivity contribution in [3.8, 4) is 0 Å². The minimum absolute atomic E-state index is 0.0741. The van der Waals surface area contributed by atoms with E-state index < -0.39 is 0 Å². The van der Waals surface area contributed by atoms with Gasteiger partial charge < -0.3 is 10.2 Å². The molecule has 1 aromatic rings. The van der Waals surface area contributed by atoms with Gasteiger partial charge in [-0.05, 0) is 12.2 Å². The third kappa shape index (κ3) is 0.774. The van der Waals surface area contributed by atoms with E-state index in [1.807, 2.05) is 0 Å². The van der Waals surface area contributed by atoms with Crippen molar-refractivity contribution in [2.45, 2.75) is 0 Å². The summed E-state index contributed by atoms with van der Waals surface area (Å²) in [5, 5.41) is 5.74. The number of nitrogens with two attached hydrogens (primary N) is 1. The lowest BCUT2D eigenvalue weighted by molar-refractivity contribution is 0.557. The molecule has 0 bridgehead atoms. The van der Waals surface area contributed by atoms with Crippen LogP contribution in [0.1, 0.15) is 0 Å². The maximum atomic E-state index is 5.00. The Hall–Kier alpha value is -0.840. The first kappa shape index (κ1) is 4.32. The Bertz CT molecular complexity index is 201. The van der Waals surface area contributed by atoms with E-state index >= 15 is 0 Å². The first-order valence-corrected chi connectivity index (χ1v) is 2.01. The number of nitrogen functional groups attached to an aromatic ring is 1. The Morgan fingerprint density at radius 1 is 1.86 bits per heavy atom. The maximum absolute atomic E-state index is 5.00. The molecule has 38 valence electrons. The number of nitrogens with zero attached hydrogens (tertiary/aromatic N) is 1. The SMILES string of the molecule is Nc1n[nH]c(=S)o1. The van der Waals surface area contributed by atoms with Gasteiger partial charge in [0.1, 0.15) is 0 Å². The highest BCUT2D eigenvalue weighted by atomic mass is 32.1. The van der Waals surface area contributed by atoms with E-state index in [9.17, 15) is 0 Å². The zero-order chi connectivity index (χ0) is 5.28. The minimum Gasteiger partial charge on any atom is -0.396 e. The van der Waals surface area contributed by atoms with Crippen molar-refractivity contribution in [1.29, 1.82) is 0 Å². The second-order valence-corrected chi connectivity index (χ2v) is 1.32. The first-order chi connectivity index (χ1) is 3.29. The Labute approximate surface area is 44.3 Å². The number of hydrogen-bond acceptors (Lipinski definition) is 4. The second kappa shape index (κ2) is 1.34. The van der Waals surface area contributed by atoms with Crippen LogP contribution in [0.2, 0.25) is 0 Å². The van der Waals surface area contributed by atoms with Crippen LogP contribution in [0.15, 0.2) is 4.42 Å². The molecule has 1 aromatic heterocycles. The molecular weight excluding hydrogens is 114 g/mol. The quantitative estimate of drug-likeness (QED) is 0.480. The molecule has 7 heavy (non-hydrogen) atoms. The van der Waals surface area contributed by atoms with Crippen LogP contribution in [0.25, 0.3) is 0 Å². The van der Waals surface area contributed by atoms with Gasteiger partial charge in [-0.25, -0.2) is 5.10 Å². The number of rotatable bonds is 0. The summed E-state index contributed by atoms with van der Waals surface area (Å²) in [4.78, 5) is 0.206. The summed E-state index contributed by atoms with van der Waals surface area (Å²) in [5.74, 6) is 0. The molecule has 0 aliphatic carbocycles. The van der Waals surface area contributed by atoms with E-state index in [1.54, 1.807) is 0 Å². The van der Waals surface area contributed by atoms with Crippen LogP contribution in [0, 0.1) is 4.84 Å². The summed E-state index contributed by atoms with van der Waals surface area (Å²) in [7, 11) is 0. The highest BCUT2D eigenvalue weighted by molar-refractivity contribution is 7.71. The molecule has 0 saturated carbocycles. The van der Waals surface area contributed by atoms with Crippen molar-refractivity contribution in [1.82, 2.24) is 10.2 Å². The minimum atomic E-state index is 0.0741. The van der Waals surface area contributed by atoms with Crippen molar-refractivity contribution in [2.24, 2.45) is 0 Å². The highest BCUT2D eigenvalue weighted by Crippen LogP contribution is 1.91. The van der Waals surface area contributed by atoms with Gasteiger partial charge in [0.25, 0.3) is 4.84 Å². The Morgan fingerprint density at radius 2 is 2.57 bits per heavy atom. The molecule has 5 heteroatoms. The fourth-order valence-electron chi connectivity index (χ4n) is 0.241. The maximum Gasteiger partial charge on any atom is 0.311 e. The Balaban J connectivity index is 3.30. The molecular formula is C2H3N3OS. The van der Waals surface area contributed by atoms with Crippen molar-refractivity contribution >= 4 is 18.2 Å². The van der Waals surface area contributed by atoms with Crippen molar-refractivity contribution < 1.29 is 4.42 Å². The molecule has 4 nitrogen and oxygen atoms in total. The van der Waals surface area contributed by atoms with Crippen LogP contribution in [-0.2, 0) is 0 Å². The number of hydrogen-bond donors (Lipinski definition) is 2. The molecule has 0 aliphatic heterocycles. The van der Waals surface area contributed by atoms with Gasteiger partial charge in [0.2, 0.25) is 0 Å². The summed E-state index contributed by atoms with van der Waals surface area (Å²) in [6, 6.07) is 0.0741. The van der Waals surface area contributed by atoms with E-state index in [0.29, 0.717) is 0 Å². The van der Waals surface area contributed by atoms with Gasteiger partial charge in [-0.15, -0.1) is 5.10 Å². The molecule has 3 N–H and O–H groups in total. The molecule has 0 spiro atoms. The van der Waals surface area contributed by atoms with Crippen LogP contribution in [0.5, 0.6) is 0 Å². The molecule has 0 aliphatic rings. The van der Waals surface area contributed by atoms with Crippen LogP contribution in [0.4, 0.5) is 6.01 Å². The van der Waals surface area contributed by atoms with Crippen LogP contribution in [0.3, 0.4) is 0 Å². The number of H-pyrrole nitrogens is 1. The summed E-state index contributed by atoms with van der Waals surface area (Å²) in [5.41, 5.74) is 5.00. The van der Waals surface area contributed by atoms with E-state index in [4.69, 9.17) is 5.73 Å². The van der Waals surface area contributed by atoms with Gasteiger partial charge in [0.15, 0.2) is 0 Å². The molecule has 0 saturated heterocycles. The van der Waals surface area contributed by atoms with Gasteiger partial charge >= 0.3 is 6.01 Å². The molecule has 0 fully saturated rings. The van der Waals surface area contributed by atoms with Crippen molar-refractivity contribution in [3.63, 3.8) is 0 Å². The van der Waals surface area contributed by atoms with E-state index in [1.165, 1.54) is 0 Å². The van der Waals surface area contributed by atoms with Crippen LogP contribution < -0.4 is 5.73 Å². The monoisotopic (exact) mass is 117 g/mol. The lowest BCUT2D eigenvalue weighted by atomic mass is 11.2. The standard InChI is InChI=1S/C2H3N3OS/c3-1-4-5-2(7)6-1/h(H2,3,4)(H,5,7). The summed E-state index contributed by atoms with van der Waals surface area (Å²) in [6.45, 7) is 0. The van der Waals surface area contributed by atoms with Gasteiger partial charge in [-0.3, -0.25) is 0 Å². The molecule has 0 radical (unpaired) electrons. The normalized spacial score (nSPS) is 9.14. The lowest BCUT2D eigenvalue weighted by Gasteiger charge is -1.66. The fourth-order valence-corrected chi connectivity index (χ4v) is 0.372. The van der Waals surface area contributed by atoms with Crippen LogP contribution >= 0.6 is 12.2 Å². The summed E-state index contributed by atoms with van der Waals surface area (Å²) >= 11 is 4.47. The van der Waals surface area contributed by atoms with Gasteiger partial charge in [0, 0.05) is 0 Å². The van der Waals surface area contributed by atoms with E-state index in [2.05, 4.69) is 26.8 Å². The van der Waals surface area contributed by atoms with Gasteiger partial charge in [-0.1, -0.05) is 0 Å². The summed E-state index contributed by atoms with van der Waals surface area (Å²) < 4.78 is 4.51. The van der Waals surface area contributed by atoms with E-state index in [0.717, 1.165) is 0 Å². The number of nitrogens with one attached hydrogen (secondary N) is 1. The number of aromatic amines is 1. The Kier molecular flexibility index (Phi) is 0.828. The largest absolute Gasteiger partial charge is 0.396 e. The Morgan fingerprint density at radius 3 is 2.71 bits per heavy atom. The van der Waals surface area contributed by atoms with E-state index in [-0.39, 0.29) is 10.9 Å². The molecule has 1 rings (SSSR count). The smallest absolute Gasteiger partial charge is 0.311 e. The lowest BCUT2D eigenvalue weighted by Crippen LogP contribution is -1.81. The zero-order valence-corrected chi connectivity index (χ0v) is 4.16. The molecule has 1 heterocycles. The third-order valence-electron chi connectivity index (χ3n) is 0.455. The number of aromatic nitrogens is 2. The van der Waals surface area contributed by atoms with Crippen molar-refractivity contribution in [3.05, 3.63) is 4.84 Å². The number of anilines is 1. The average Bonchev–Trinajstić information content (AvgIpc) is 1.87. The molecule has 0 atom stereocenters. The topological polar surface area (TPSA) is 67.8 Å². The summed E-state index contributed by atoms with van der Waals surface area (Å²) in [6.07, 6.45) is 0. The molecule has 0 amide bonds. The van der Waals surface area contributed by atoms with Crippen molar-refractivity contribution in [2.75, 3.05) is 5.73 Å².